The van der Waals surface area contributed by atoms with Crippen LogP contribution in [0.1, 0.15) is 68.3 Å². The average Bonchev–Trinajstić information content (AvgIpc) is 2.37. The summed E-state index contributed by atoms with van der Waals surface area (Å²) in [7, 11) is 0. The molecular formula is C16H25Br. The zero-order valence-electron chi connectivity index (χ0n) is 11.2. The first kappa shape index (κ1) is 14.8. The first-order chi connectivity index (χ1) is 8.27. The molecule has 17 heavy (non-hydrogen) atoms. The Kier molecular flexibility index (Phi) is 7.59. The van der Waals surface area contributed by atoms with E-state index in [4.69, 9.17) is 0 Å². The van der Waals surface area contributed by atoms with Gasteiger partial charge in [-0.1, -0.05) is 79.7 Å². The van der Waals surface area contributed by atoms with E-state index in [1.165, 1.54) is 56.1 Å². The number of aryl methyl sites for hydroxylation is 1. The summed E-state index contributed by atoms with van der Waals surface area (Å²) in [5, 5.41) is 0. The monoisotopic (exact) mass is 296 g/mol. The largest absolute Gasteiger partial charge is 0.0839 e. The smallest absolute Gasteiger partial charge is 0.0395 e. The van der Waals surface area contributed by atoms with Gasteiger partial charge >= 0.3 is 0 Å². The van der Waals surface area contributed by atoms with Crippen molar-refractivity contribution in [3.8, 4) is 0 Å². The zero-order chi connectivity index (χ0) is 12.5. The van der Waals surface area contributed by atoms with Gasteiger partial charge in [0, 0.05) is 4.83 Å². The highest BCUT2D eigenvalue weighted by atomic mass is 79.9. The van der Waals surface area contributed by atoms with E-state index >= 15 is 0 Å². The first-order valence-corrected chi connectivity index (χ1v) is 7.92. The fourth-order valence-electron chi connectivity index (χ4n) is 2.01. The summed E-state index contributed by atoms with van der Waals surface area (Å²) in [5.41, 5.74) is 2.91. The van der Waals surface area contributed by atoms with Crippen LogP contribution in [0.5, 0.6) is 0 Å². The molecule has 0 radical (unpaired) electrons. The second kappa shape index (κ2) is 8.74. The van der Waals surface area contributed by atoms with Crippen LogP contribution in [0, 0.1) is 0 Å². The summed E-state index contributed by atoms with van der Waals surface area (Å²) in [6.45, 7) is 4.50. The molecule has 0 amide bonds. The van der Waals surface area contributed by atoms with E-state index < -0.39 is 0 Å². The van der Waals surface area contributed by atoms with E-state index in [0.717, 1.165) is 0 Å². The summed E-state index contributed by atoms with van der Waals surface area (Å²) in [4.78, 5) is 0.536. The van der Waals surface area contributed by atoms with Gasteiger partial charge in [0.2, 0.25) is 0 Å². The molecule has 0 N–H and O–H groups in total. The molecule has 0 fully saturated rings. The summed E-state index contributed by atoms with van der Waals surface area (Å²) in [6.07, 6.45) is 9.02. The maximum Gasteiger partial charge on any atom is 0.0395 e. The van der Waals surface area contributed by atoms with Crippen molar-refractivity contribution in [2.45, 2.75) is 63.6 Å². The Bertz CT molecular complexity index is 289. The molecule has 1 unspecified atom stereocenters. The van der Waals surface area contributed by atoms with Crippen molar-refractivity contribution in [1.29, 1.82) is 0 Å². The average molecular weight is 297 g/mol. The Morgan fingerprint density at radius 1 is 0.941 bits per heavy atom. The van der Waals surface area contributed by atoms with E-state index in [1.54, 1.807) is 0 Å². The number of hydrogen-bond donors (Lipinski definition) is 0. The second-order valence-electron chi connectivity index (χ2n) is 4.81. The van der Waals surface area contributed by atoms with Crippen LogP contribution in [0.25, 0.3) is 0 Å². The molecule has 0 heterocycles. The highest BCUT2D eigenvalue weighted by Crippen LogP contribution is 2.28. The van der Waals surface area contributed by atoms with Crippen LogP contribution in [0.15, 0.2) is 24.3 Å². The van der Waals surface area contributed by atoms with Gasteiger partial charge in [0.05, 0.1) is 0 Å². The van der Waals surface area contributed by atoms with Crippen molar-refractivity contribution in [2.75, 3.05) is 0 Å². The molecule has 0 aliphatic heterocycles. The van der Waals surface area contributed by atoms with E-state index in [-0.39, 0.29) is 0 Å². The number of unbranched alkanes of at least 4 members (excludes halogenated alkanes) is 3. The Labute approximate surface area is 115 Å². The van der Waals surface area contributed by atoms with Gasteiger partial charge in [0.25, 0.3) is 0 Å². The molecule has 1 atom stereocenters. The van der Waals surface area contributed by atoms with Crippen LogP contribution in [0.2, 0.25) is 0 Å². The van der Waals surface area contributed by atoms with E-state index in [1.807, 2.05) is 0 Å². The number of halogens is 1. The molecule has 0 saturated heterocycles. The molecule has 0 aliphatic carbocycles. The third kappa shape index (κ3) is 5.72. The van der Waals surface area contributed by atoms with Gasteiger partial charge in [-0.05, 0) is 30.4 Å². The highest BCUT2D eigenvalue weighted by Gasteiger charge is 2.06. The Morgan fingerprint density at radius 2 is 1.59 bits per heavy atom. The minimum absolute atomic E-state index is 0.536. The summed E-state index contributed by atoms with van der Waals surface area (Å²) >= 11 is 3.79. The topological polar surface area (TPSA) is 0 Å². The minimum Gasteiger partial charge on any atom is -0.0839 e. The predicted molar refractivity (Wildman–Crippen MR) is 80.9 cm³/mol. The van der Waals surface area contributed by atoms with Crippen molar-refractivity contribution in [3.63, 3.8) is 0 Å². The van der Waals surface area contributed by atoms with Crippen LogP contribution in [0.3, 0.4) is 0 Å². The molecule has 0 saturated carbocycles. The molecular weight excluding hydrogens is 272 g/mol. The molecule has 0 aromatic heterocycles. The maximum absolute atomic E-state index is 3.79. The molecule has 0 bridgehead atoms. The van der Waals surface area contributed by atoms with Gasteiger partial charge in [0.1, 0.15) is 0 Å². The number of rotatable bonds is 8. The van der Waals surface area contributed by atoms with Gasteiger partial charge in [0.15, 0.2) is 0 Å². The fraction of sp³-hybridized carbons (Fsp3) is 0.625. The molecule has 0 aliphatic rings. The standard InChI is InChI=1S/C16H25Br/c1-3-5-7-9-16(17)15-12-10-14(11-13-15)8-6-4-2/h10-13,16H,3-9H2,1-2H3. The van der Waals surface area contributed by atoms with E-state index in [2.05, 4.69) is 54.0 Å². The van der Waals surface area contributed by atoms with E-state index in [0.29, 0.717) is 4.83 Å². The number of hydrogen-bond acceptors (Lipinski definition) is 0. The van der Waals surface area contributed by atoms with Crippen molar-refractivity contribution in [2.24, 2.45) is 0 Å². The third-order valence-corrected chi connectivity index (χ3v) is 4.21. The molecule has 1 heteroatoms. The highest BCUT2D eigenvalue weighted by molar-refractivity contribution is 9.09. The fourth-order valence-corrected chi connectivity index (χ4v) is 2.64. The van der Waals surface area contributed by atoms with Crippen molar-refractivity contribution < 1.29 is 0 Å². The molecule has 1 aromatic carbocycles. The van der Waals surface area contributed by atoms with Crippen LogP contribution < -0.4 is 0 Å². The van der Waals surface area contributed by atoms with Gasteiger partial charge in [-0.25, -0.2) is 0 Å². The van der Waals surface area contributed by atoms with Crippen LogP contribution >= 0.6 is 15.9 Å². The minimum atomic E-state index is 0.536. The van der Waals surface area contributed by atoms with Gasteiger partial charge in [-0.2, -0.15) is 0 Å². The van der Waals surface area contributed by atoms with Crippen LogP contribution in [0.4, 0.5) is 0 Å². The number of alkyl halides is 1. The Hall–Kier alpha value is -0.300. The SMILES string of the molecule is CCCCCC(Br)c1ccc(CCCC)cc1. The lowest BCUT2D eigenvalue weighted by Crippen LogP contribution is -1.92. The van der Waals surface area contributed by atoms with Crippen molar-refractivity contribution in [1.82, 2.24) is 0 Å². The quantitative estimate of drug-likeness (QED) is 0.405. The third-order valence-electron chi connectivity index (χ3n) is 3.22. The lowest BCUT2D eigenvalue weighted by atomic mass is 10.0. The molecule has 0 spiro atoms. The molecule has 0 nitrogen and oxygen atoms in total. The normalized spacial score (nSPS) is 12.6. The van der Waals surface area contributed by atoms with Gasteiger partial charge < -0.3 is 0 Å². The van der Waals surface area contributed by atoms with Gasteiger partial charge in [-0.3, -0.25) is 0 Å². The van der Waals surface area contributed by atoms with Crippen LogP contribution in [-0.2, 0) is 6.42 Å². The summed E-state index contributed by atoms with van der Waals surface area (Å²) in [6, 6.07) is 9.16. The maximum atomic E-state index is 3.79. The molecule has 1 rings (SSSR count). The molecule has 1 aromatic rings. The second-order valence-corrected chi connectivity index (χ2v) is 5.91. The van der Waals surface area contributed by atoms with E-state index in [9.17, 15) is 0 Å². The summed E-state index contributed by atoms with van der Waals surface area (Å²) < 4.78 is 0. The van der Waals surface area contributed by atoms with Gasteiger partial charge in [-0.15, -0.1) is 0 Å². The lowest BCUT2D eigenvalue weighted by Gasteiger charge is -2.10. The predicted octanol–water partition coefficient (Wildman–Crippen LogP) is 6.05. The van der Waals surface area contributed by atoms with Crippen LogP contribution in [-0.4, -0.2) is 0 Å². The zero-order valence-corrected chi connectivity index (χ0v) is 12.8. The first-order valence-electron chi connectivity index (χ1n) is 7.00. The Balaban J connectivity index is 2.43. The molecule has 96 valence electrons. The van der Waals surface area contributed by atoms with Crippen molar-refractivity contribution >= 4 is 15.9 Å². The lowest BCUT2D eigenvalue weighted by molar-refractivity contribution is 0.664. The Morgan fingerprint density at radius 3 is 2.18 bits per heavy atom. The number of benzene rings is 1. The summed E-state index contributed by atoms with van der Waals surface area (Å²) in [5.74, 6) is 0. The van der Waals surface area contributed by atoms with Crippen molar-refractivity contribution in [3.05, 3.63) is 35.4 Å².